The van der Waals surface area contributed by atoms with Crippen LogP contribution >= 0.6 is 0 Å². The maximum atomic E-state index is 5.46. The number of hydrogen-bond acceptors (Lipinski definition) is 4. The Hall–Kier alpha value is -0.910. The van der Waals surface area contributed by atoms with Gasteiger partial charge in [-0.3, -0.25) is 14.9 Å². The Bertz CT molecular complexity index is 434. The molecular formula is C16H28N4O. The van der Waals surface area contributed by atoms with Gasteiger partial charge in [-0.1, -0.05) is 6.42 Å². The number of piperidine rings is 1. The van der Waals surface area contributed by atoms with Crippen LogP contribution < -0.4 is 0 Å². The third kappa shape index (κ3) is 3.65. The van der Waals surface area contributed by atoms with Gasteiger partial charge in [-0.15, -0.1) is 0 Å². The summed E-state index contributed by atoms with van der Waals surface area (Å²) in [6, 6.07) is 0.686. The number of H-pyrrole nitrogens is 1. The summed E-state index contributed by atoms with van der Waals surface area (Å²) >= 11 is 0. The molecule has 1 atom stereocenters. The van der Waals surface area contributed by atoms with Gasteiger partial charge in [0.25, 0.3) is 0 Å². The molecule has 5 heteroatoms. The molecule has 1 aromatic heterocycles. The fourth-order valence-electron chi connectivity index (χ4n) is 3.57. The van der Waals surface area contributed by atoms with E-state index in [-0.39, 0.29) is 0 Å². The third-order valence-electron chi connectivity index (χ3n) is 4.96. The number of nitrogens with one attached hydrogen (secondary N) is 1. The smallest absolute Gasteiger partial charge is 0.0639 e. The highest BCUT2D eigenvalue weighted by atomic mass is 16.5. The largest absolute Gasteiger partial charge is 0.379 e. The van der Waals surface area contributed by atoms with Crippen molar-refractivity contribution in [3.05, 3.63) is 17.0 Å². The minimum atomic E-state index is 0.686. The number of rotatable bonds is 4. The molecular weight excluding hydrogens is 264 g/mol. The molecule has 3 heterocycles. The maximum absolute atomic E-state index is 5.46. The summed E-state index contributed by atoms with van der Waals surface area (Å²) < 4.78 is 5.46. The lowest BCUT2D eigenvalue weighted by atomic mass is 10.00. The van der Waals surface area contributed by atoms with Crippen LogP contribution in [0.4, 0.5) is 0 Å². The van der Waals surface area contributed by atoms with Gasteiger partial charge in [-0.2, -0.15) is 5.10 Å². The number of aromatic nitrogens is 2. The Kier molecular flexibility index (Phi) is 4.93. The van der Waals surface area contributed by atoms with E-state index in [1.165, 1.54) is 43.6 Å². The Morgan fingerprint density at radius 2 is 2.00 bits per heavy atom. The summed E-state index contributed by atoms with van der Waals surface area (Å²) in [5.74, 6) is 0. The highest BCUT2D eigenvalue weighted by Crippen LogP contribution is 2.22. The average molecular weight is 292 g/mol. The first-order valence-electron chi connectivity index (χ1n) is 8.28. The fourth-order valence-corrected chi connectivity index (χ4v) is 3.57. The molecule has 0 amide bonds. The van der Waals surface area contributed by atoms with Gasteiger partial charge >= 0.3 is 0 Å². The highest BCUT2D eigenvalue weighted by Gasteiger charge is 2.26. The lowest BCUT2D eigenvalue weighted by molar-refractivity contribution is 0.0152. The van der Waals surface area contributed by atoms with E-state index in [1.54, 1.807) is 0 Å². The molecule has 0 radical (unpaired) electrons. The molecule has 0 saturated carbocycles. The van der Waals surface area contributed by atoms with Gasteiger partial charge < -0.3 is 4.74 Å². The van der Waals surface area contributed by atoms with Gasteiger partial charge in [-0.05, 0) is 33.2 Å². The molecule has 2 aliphatic heterocycles. The monoisotopic (exact) mass is 292 g/mol. The molecule has 21 heavy (non-hydrogen) atoms. The zero-order chi connectivity index (χ0) is 14.7. The van der Waals surface area contributed by atoms with Gasteiger partial charge in [0.2, 0.25) is 0 Å². The van der Waals surface area contributed by atoms with Crippen LogP contribution in [0.5, 0.6) is 0 Å². The molecule has 2 fully saturated rings. The van der Waals surface area contributed by atoms with E-state index in [0.29, 0.717) is 6.04 Å². The van der Waals surface area contributed by atoms with Crippen LogP contribution in [-0.2, 0) is 11.3 Å². The lowest BCUT2D eigenvalue weighted by Gasteiger charge is -2.39. The molecule has 1 aromatic rings. The van der Waals surface area contributed by atoms with E-state index in [0.717, 1.165) is 38.5 Å². The highest BCUT2D eigenvalue weighted by molar-refractivity contribution is 5.23. The topological polar surface area (TPSA) is 44.4 Å². The number of morpholine rings is 1. The van der Waals surface area contributed by atoms with Crippen molar-refractivity contribution in [2.45, 2.75) is 45.7 Å². The van der Waals surface area contributed by atoms with Crippen molar-refractivity contribution in [2.75, 3.05) is 39.4 Å². The zero-order valence-electron chi connectivity index (χ0n) is 13.4. The van der Waals surface area contributed by atoms with Crippen LogP contribution in [0.15, 0.2) is 0 Å². The van der Waals surface area contributed by atoms with Crippen molar-refractivity contribution in [1.82, 2.24) is 20.0 Å². The maximum Gasteiger partial charge on any atom is 0.0639 e. The van der Waals surface area contributed by atoms with E-state index in [2.05, 4.69) is 33.8 Å². The quantitative estimate of drug-likeness (QED) is 0.917. The first kappa shape index (κ1) is 15.0. The SMILES string of the molecule is Cc1n[nH]c(C)c1CN1CCCCC1CN1CCOCC1. The molecule has 5 nitrogen and oxygen atoms in total. The van der Waals surface area contributed by atoms with Gasteiger partial charge in [-0.25, -0.2) is 0 Å². The van der Waals surface area contributed by atoms with Crippen molar-refractivity contribution in [3.63, 3.8) is 0 Å². The summed E-state index contributed by atoms with van der Waals surface area (Å²) in [4.78, 5) is 5.24. The van der Waals surface area contributed by atoms with Gasteiger partial charge in [0.05, 0.1) is 18.9 Å². The predicted molar refractivity (Wildman–Crippen MR) is 83.4 cm³/mol. The molecule has 2 saturated heterocycles. The number of aryl methyl sites for hydroxylation is 2. The average Bonchev–Trinajstić information content (AvgIpc) is 2.82. The first-order valence-corrected chi connectivity index (χ1v) is 8.28. The Labute approximate surface area is 127 Å². The summed E-state index contributed by atoms with van der Waals surface area (Å²) in [7, 11) is 0. The standard InChI is InChI=1S/C16H28N4O/c1-13-16(14(2)18-17-13)12-20-6-4-3-5-15(20)11-19-7-9-21-10-8-19/h15H,3-12H2,1-2H3,(H,17,18). The molecule has 3 rings (SSSR count). The van der Waals surface area contributed by atoms with Crippen LogP contribution in [0.25, 0.3) is 0 Å². The van der Waals surface area contributed by atoms with Crippen LogP contribution in [0.1, 0.15) is 36.2 Å². The fraction of sp³-hybridized carbons (Fsp3) is 0.812. The second kappa shape index (κ2) is 6.90. The molecule has 0 aromatic carbocycles. The minimum absolute atomic E-state index is 0.686. The van der Waals surface area contributed by atoms with Crippen LogP contribution in [0.3, 0.4) is 0 Å². The van der Waals surface area contributed by atoms with Gasteiger partial charge in [0.15, 0.2) is 0 Å². The second-order valence-electron chi connectivity index (χ2n) is 6.45. The van der Waals surface area contributed by atoms with Crippen LogP contribution in [-0.4, -0.2) is 65.4 Å². The number of ether oxygens (including phenoxy) is 1. The Morgan fingerprint density at radius 1 is 1.19 bits per heavy atom. The summed E-state index contributed by atoms with van der Waals surface area (Å²) in [5.41, 5.74) is 3.77. The van der Waals surface area contributed by atoms with Crippen molar-refractivity contribution in [3.8, 4) is 0 Å². The van der Waals surface area contributed by atoms with E-state index in [9.17, 15) is 0 Å². The van der Waals surface area contributed by atoms with Crippen LogP contribution in [0.2, 0.25) is 0 Å². The van der Waals surface area contributed by atoms with Gasteiger partial charge in [0.1, 0.15) is 0 Å². The Balaban J connectivity index is 1.63. The normalized spacial score (nSPS) is 25.3. The van der Waals surface area contributed by atoms with Crippen molar-refractivity contribution in [2.24, 2.45) is 0 Å². The summed E-state index contributed by atoms with van der Waals surface area (Å²) in [6.07, 6.45) is 4.03. The molecule has 0 bridgehead atoms. The molecule has 118 valence electrons. The summed E-state index contributed by atoms with van der Waals surface area (Å²) in [6.45, 7) is 11.7. The third-order valence-corrected chi connectivity index (χ3v) is 4.96. The van der Waals surface area contributed by atoms with E-state index >= 15 is 0 Å². The van der Waals surface area contributed by atoms with E-state index in [4.69, 9.17) is 4.74 Å². The zero-order valence-corrected chi connectivity index (χ0v) is 13.4. The molecule has 0 aliphatic carbocycles. The minimum Gasteiger partial charge on any atom is -0.379 e. The number of likely N-dealkylation sites (tertiary alicyclic amines) is 1. The van der Waals surface area contributed by atoms with E-state index < -0.39 is 0 Å². The second-order valence-corrected chi connectivity index (χ2v) is 6.45. The number of hydrogen-bond donors (Lipinski definition) is 1. The number of nitrogens with zero attached hydrogens (tertiary/aromatic N) is 3. The predicted octanol–water partition coefficient (Wildman–Crippen LogP) is 1.71. The molecule has 1 N–H and O–H groups in total. The molecule has 2 aliphatic rings. The van der Waals surface area contributed by atoms with Crippen molar-refractivity contribution in [1.29, 1.82) is 0 Å². The first-order chi connectivity index (χ1) is 10.2. The Morgan fingerprint density at radius 3 is 2.71 bits per heavy atom. The van der Waals surface area contributed by atoms with Crippen molar-refractivity contribution >= 4 is 0 Å². The van der Waals surface area contributed by atoms with E-state index in [1.807, 2.05) is 0 Å². The van der Waals surface area contributed by atoms with Crippen LogP contribution in [0, 0.1) is 13.8 Å². The molecule has 0 spiro atoms. The lowest BCUT2D eigenvalue weighted by Crippen LogP contribution is -2.49. The van der Waals surface area contributed by atoms with Crippen molar-refractivity contribution < 1.29 is 4.74 Å². The molecule has 1 unspecified atom stereocenters. The van der Waals surface area contributed by atoms with Gasteiger partial charge in [0, 0.05) is 43.5 Å². The number of aromatic amines is 1. The summed E-state index contributed by atoms with van der Waals surface area (Å²) in [5, 5.41) is 7.46.